The number of nitrogens with one attached hydrogen (secondary N) is 3. The van der Waals surface area contributed by atoms with Crippen molar-refractivity contribution in [1.82, 2.24) is 4.98 Å². The lowest BCUT2D eigenvalue weighted by Gasteiger charge is -2.11. The van der Waals surface area contributed by atoms with E-state index in [1.165, 1.54) is 6.92 Å². The molecule has 0 aliphatic rings. The topological polar surface area (TPSA) is 83.1 Å². The minimum atomic E-state index is -0.253. The highest BCUT2D eigenvalue weighted by Crippen LogP contribution is 2.22. The third kappa shape index (κ3) is 5.08. The number of carbonyl (C=O) groups excluding carboxylic acids is 2. The summed E-state index contributed by atoms with van der Waals surface area (Å²) >= 11 is 6.01. The molecule has 7 heteroatoms. The first-order valence-corrected chi connectivity index (χ1v) is 8.97. The molecule has 6 nitrogen and oxygen atoms in total. The molecule has 0 fully saturated rings. The first-order valence-electron chi connectivity index (χ1n) is 8.59. The summed E-state index contributed by atoms with van der Waals surface area (Å²) in [6.07, 6.45) is 1.56. The van der Waals surface area contributed by atoms with E-state index in [1.807, 2.05) is 25.1 Å². The van der Waals surface area contributed by atoms with Crippen molar-refractivity contribution in [2.45, 2.75) is 13.8 Å². The maximum Gasteiger partial charge on any atom is 0.255 e. The average molecular weight is 395 g/mol. The number of aryl methyl sites for hydroxylation is 1. The average Bonchev–Trinajstić information content (AvgIpc) is 2.66. The highest BCUT2D eigenvalue weighted by atomic mass is 35.5. The summed E-state index contributed by atoms with van der Waals surface area (Å²) in [7, 11) is 0. The summed E-state index contributed by atoms with van der Waals surface area (Å²) in [6.45, 7) is 3.35. The van der Waals surface area contributed by atoms with Gasteiger partial charge in [0, 0.05) is 40.8 Å². The molecule has 1 heterocycles. The second-order valence-electron chi connectivity index (χ2n) is 6.23. The number of nitrogens with zero attached hydrogens (tertiary/aromatic N) is 1. The summed E-state index contributed by atoms with van der Waals surface area (Å²) in [5.41, 5.74) is 3.54. The lowest BCUT2D eigenvalue weighted by molar-refractivity contribution is -0.114. The zero-order valence-electron chi connectivity index (χ0n) is 15.4. The summed E-state index contributed by atoms with van der Waals surface area (Å²) < 4.78 is 0. The van der Waals surface area contributed by atoms with E-state index in [0.717, 1.165) is 11.3 Å². The molecule has 2 aromatic carbocycles. The molecular weight excluding hydrogens is 376 g/mol. The fourth-order valence-corrected chi connectivity index (χ4v) is 2.72. The lowest BCUT2D eigenvalue weighted by Crippen LogP contribution is -2.13. The first kappa shape index (κ1) is 19.4. The Bertz CT molecular complexity index is 1020. The van der Waals surface area contributed by atoms with Crippen LogP contribution in [0.15, 0.2) is 60.8 Å². The van der Waals surface area contributed by atoms with Gasteiger partial charge in [-0.1, -0.05) is 17.7 Å². The zero-order chi connectivity index (χ0) is 20.1. The first-order chi connectivity index (χ1) is 13.4. The van der Waals surface area contributed by atoms with Gasteiger partial charge in [-0.25, -0.2) is 4.98 Å². The molecule has 142 valence electrons. The van der Waals surface area contributed by atoms with E-state index in [1.54, 1.807) is 42.6 Å². The maximum absolute atomic E-state index is 12.6. The summed E-state index contributed by atoms with van der Waals surface area (Å²) in [5, 5.41) is 9.27. The molecule has 1 aromatic heterocycles. The predicted octanol–water partition coefficient (Wildman–Crippen LogP) is 5.00. The maximum atomic E-state index is 12.6. The Kier molecular flexibility index (Phi) is 5.91. The number of benzene rings is 2. The highest BCUT2D eigenvalue weighted by Gasteiger charge is 2.10. The van der Waals surface area contributed by atoms with Crippen LogP contribution >= 0.6 is 11.6 Å². The summed E-state index contributed by atoms with van der Waals surface area (Å²) in [5.74, 6) is 0.149. The van der Waals surface area contributed by atoms with Gasteiger partial charge in [0.05, 0.1) is 0 Å². The van der Waals surface area contributed by atoms with Crippen molar-refractivity contribution in [3.63, 3.8) is 0 Å². The highest BCUT2D eigenvalue weighted by molar-refractivity contribution is 6.31. The van der Waals surface area contributed by atoms with Gasteiger partial charge in [0.15, 0.2) is 0 Å². The third-order valence-corrected chi connectivity index (χ3v) is 4.18. The molecule has 0 unspecified atom stereocenters. The molecule has 0 atom stereocenters. The van der Waals surface area contributed by atoms with Crippen LogP contribution in [-0.4, -0.2) is 16.8 Å². The summed E-state index contributed by atoms with van der Waals surface area (Å²) in [4.78, 5) is 27.9. The molecule has 3 rings (SSSR count). The Morgan fingerprint density at radius 1 is 0.929 bits per heavy atom. The largest absolute Gasteiger partial charge is 0.340 e. The van der Waals surface area contributed by atoms with Crippen LogP contribution in [0.3, 0.4) is 0 Å². The Hall–Kier alpha value is -3.38. The van der Waals surface area contributed by atoms with E-state index in [0.29, 0.717) is 27.8 Å². The Balaban J connectivity index is 1.72. The molecule has 28 heavy (non-hydrogen) atoms. The fraction of sp³-hybridized carbons (Fsp3) is 0.0952. The number of halogens is 1. The minimum Gasteiger partial charge on any atom is -0.340 e. The molecule has 3 aromatic rings. The molecule has 0 saturated heterocycles. The van der Waals surface area contributed by atoms with E-state index in [2.05, 4.69) is 20.9 Å². The molecule has 0 spiro atoms. The molecule has 0 radical (unpaired) electrons. The minimum absolute atomic E-state index is 0.129. The van der Waals surface area contributed by atoms with Crippen molar-refractivity contribution < 1.29 is 9.59 Å². The van der Waals surface area contributed by atoms with Gasteiger partial charge in [-0.2, -0.15) is 0 Å². The molecule has 0 aliphatic heterocycles. The molecule has 2 amide bonds. The molecule has 3 N–H and O–H groups in total. The lowest BCUT2D eigenvalue weighted by atomic mass is 10.2. The molecule has 0 aliphatic carbocycles. The second-order valence-corrected chi connectivity index (χ2v) is 6.66. The van der Waals surface area contributed by atoms with Crippen molar-refractivity contribution in [3.05, 3.63) is 76.9 Å². The smallest absolute Gasteiger partial charge is 0.255 e. The van der Waals surface area contributed by atoms with Gasteiger partial charge in [0.2, 0.25) is 5.91 Å². The number of aromatic nitrogens is 1. The van der Waals surface area contributed by atoms with Crippen LogP contribution in [0.5, 0.6) is 0 Å². The van der Waals surface area contributed by atoms with Crippen molar-refractivity contribution in [1.29, 1.82) is 0 Å². The standard InChI is InChI=1S/C21H19ClN4O2/c1-13-3-4-16(22)12-19(13)26-21(28)15-9-10-23-20(11-15)25-18-7-5-17(6-8-18)24-14(2)27/h3-12H,1-2H3,(H,23,25)(H,24,27)(H,26,28). The van der Waals surface area contributed by atoms with E-state index in [9.17, 15) is 9.59 Å². The quantitative estimate of drug-likeness (QED) is 0.568. The van der Waals surface area contributed by atoms with Gasteiger partial charge in [-0.3, -0.25) is 9.59 Å². The van der Waals surface area contributed by atoms with E-state index in [4.69, 9.17) is 11.6 Å². The van der Waals surface area contributed by atoms with Gasteiger partial charge < -0.3 is 16.0 Å². The summed E-state index contributed by atoms with van der Waals surface area (Å²) in [6, 6.07) is 15.8. The van der Waals surface area contributed by atoms with Crippen LogP contribution in [0.2, 0.25) is 5.02 Å². The van der Waals surface area contributed by atoms with Gasteiger partial charge in [0.1, 0.15) is 5.82 Å². The zero-order valence-corrected chi connectivity index (χ0v) is 16.2. The number of rotatable bonds is 5. The van der Waals surface area contributed by atoms with Crippen LogP contribution in [0.25, 0.3) is 0 Å². The van der Waals surface area contributed by atoms with Crippen LogP contribution in [0.4, 0.5) is 22.9 Å². The predicted molar refractivity (Wildman–Crippen MR) is 112 cm³/mol. The molecule has 0 saturated carbocycles. The van der Waals surface area contributed by atoms with Crippen molar-refractivity contribution in [2.24, 2.45) is 0 Å². The normalized spacial score (nSPS) is 10.2. The number of anilines is 4. The monoisotopic (exact) mass is 394 g/mol. The Morgan fingerprint density at radius 2 is 1.64 bits per heavy atom. The number of pyridine rings is 1. The van der Waals surface area contributed by atoms with Crippen LogP contribution in [0, 0.1) is 6.92 Å². The van der Waals surface area contributed by atoms with Crippen LogP contribution in [0.1, 0.15) is 22.8 Å². The van der Waals surface area contributed by atoms with Gasteiger partial charge in [0.25, 0.3) is 5.91 Å². The van der Waals surface area contributed by atoms with Crippen molar-refractivity contribution >= 4 is 46.3 Å². The van der Waals surface area contributed by atoms with E-state index < -0.39 is 0 Å². The van der Waals surface area contributed by atoms with Crippen LogP contribution in [-0.2, 0) is 4.79 Å². The second kappa shape index (κ2) is 8.54. The van der Waals surface area contributed by atoms with Crippen molar-refractivity contribution in [2.75, 3.05) is 16.0 Å². The van der Waals surface area contributed by atoms with Gasteiger partial charge in [-0.05, 0) is 61.0 Å². The van der Waals surface area contributed by atoms with E-state index >= 15 is 0 Å². The SMILES string of the molecule is CC(=O)Nc1ccc(Nc2cc(C(=O)Nc3cc(Cl)ccc3C)ccn2)cc1. The number of amides is 2. The third-order valence-electron chi connectivity index (χ3n) is 3.95. The molecular formula is C21H19ClN4O2. The number of carbonyl (C=O) groups is 2. The van der Waals surface area contributed by atoms with Crippen LogP contribution < -0.4 is 16.0 Å². The fourth-order valence-electron chi connectivity index (χ4n) is 2.55. The van der Waals surface area contributed by atoms with Gasteiger partial charge in [-0.15, -0.1) is 0 Å². The van der Waals surface area contributed by atoms with Crippen molar-refractivity contribution in [3.8, 4) is 0 Å². The number of hydrogen-bond donors (Lipinski definition) is 3. The Labute approximate surface area is 168 Å². The van der Waals surface area contributed by atoms with E-state index in [-0.39, 0.29) is 11.8 Å². The Morgan fingerprint density at radius 3 is 2.36 bits per heavy atom. The number of hydrogen-bond acceptors (Lipinski definition) is 4. The van der Waals surface area contributed by atoms with Gasteiger partial charge >= 0.3 is 0 Å². The molecule has 0 bridgehead atoms.